The molecule has 0 bridgehead atoms. The number of halogens is 1. The lowest BCUT2D eigenvalue weighted by atomic mass is 10.3. The molecule has 0 radical (unpaired) electrons. The molecule has 8 heteroatoms. The Hall–Kier alpha value is -1.18. The van der Waals surface area contributed by atoms with Gasteiger partial charge in [-0.05, 0) is 6.92 Å². The van der Waals surface area contributed by atoms with Crippen molar-refractivity contribution in [2.75, 3.05) is 33.4 Å². The summed E-state index contributed by atoms with van der Waals surface area (Å²) < 4.78 is 9.83. The lowest BCUT2D eigenvalue weighted by Gasteiger charge is -2.20. The molecular formula is C13H19ClN2O4S. The first-order chi connectivity index (χ1) is 10.1. The van der Waals surface area contributed by atoms with Crippen LogP contribution in [-0.2, 0) is 31.4 Å². The van der Waals surface area contributed by atoms with Crippen LogP contribution < -0.4 is 0 Å². The number of rotatable bonds is 9. The van der Waals surface area contributed by atoms with E-state index in [1.165, 1.54) is 16.2 Å². The fourth-order valence-electron chi connectivity index (χ4n) is 1.59. The summed E-state index contributed by atoms with van der Waals surface area (Å²) in [6.45, 7) is 2.63. The Morgan fingerprint density at radius 3 is 2.81 bits per heavy atom. The molecule has 0 unspecified atom stereocenters. The summed E-state index contributed by atoms with van der Waals surface area (Å²) in [7, 11) is 1.54. The van der Waals surface area contributed by atoms with Crippen LogP contribution in [0.5, 0.6) is 0 Å². The first-order valence-corrected chi connectivity index (χ1v) is 7.93. The molecule has 1 amide bonds. The van der Waals surface area contributed by atoms with Crippen LogP contribution in [0.25, 0.3) is 0 Å². The van der Waals surface area contributed by atoms with Gasteiger partial charge in [0.2, 0.25) is 5.91 Å². The van der Waals surface area contributed by atoms with Gasteiger partial charge in [-0.1, -0.05) is 0 Å². The van der Waals surface area contributed by atoms with Gasteiger partial charge in [-0.3, -0.25) is 9.59 Å². The van der Waals surface area contributed by atoms with Crippen molar-refractivity contribution in [1.29, 1.82) is 0 Å². The summed E-state index contributed by atoms with van der Waals surface area (Å²) in [5.41, 5.74) is 0.748. The second-order valence-electron chi connectivity index (χ2n) is 4.16. The molecule has 6 nitrogen and oxygen atoms in total. The predicted octanol–water partition coefficient (Wildman–Crippen LogP) is 1.46. The Morgan fingerprint density at radius 1 is 1.48 bits per heavy atom. The van der Waals surface area contributed by atoms with E-state index in [9.17, 15) is 9.59 Å². The number of carbonyl (C=O) groups is 2. The molecule has 118 valence electrons. The molecular weight excluding hydrogens is 316 g/mol. The Kier molecular flexibility index (Phi) is 8.26. The molecule has 1 aromatic rings. The van der Waals surface area contributed by atoms with Crippen molar-refractivity contribution in [1.82, 2.24) is 9.88 Å². The van der Waals surface area contributed by atoms with Gasteiger partial charge in [-0.15, -0.1) is 22.9 Å². The third-order valence-electron chi connectivity index (χ3n) is 2.58. The van der Waals surface area contributed by atoms with Crippen molar-refractivity contribution in [3.05, 3.63) is 16.1 Å². The average Bonchev–Trinajstić information content (AvgIpc) is 2.91. The first kappa shape index (κ1) is 17.9. The highest BCUT2D eigenvalue weighted by Gasteiger charge is 2.19. The van der Waals surface area contributed by atoms with Gasteiger partial charge in [0.1, 0.15) is 11.6 Å². The van der Waals surface area contributed by atoms with E-state index in [2.05, 4.69) is 4.98 Å². The molecule has 0 aliphatic carbocycles. The number of carbonyl (C=O) groups excluding carboxylic acids is 2. The van der Waals surface area contributed by atoms with E-state index in [-0.39, 0.29) is 25.5 Å². The van der Waals surface area contributed by atoms with Gasteiger partial charge in [-0.25, -0.2) is 4.98 Å². The molecule has 21 heavy (non-hydrogen) atoms. The number of aromatic nitrogens is 1. The minimum absolute atomic E-state index is 0.0796. The second-order valence-corrected chi connectivity index (χ2v) is 5.37. The predicted molar refractivity (Wildman–Crippen MR) is 80.5 cm³/mol. The number of nitrogens with zero attached hydrogens (tertiary/aromatic N) is 2. The normalized spacial score (nSPS) is 10.4. The van der Waals surface area contributed by atoms with Crippen LogP contribution >= 0.6 is 22.9 Å². The van der Waals surface area contributed by atoms with Crippen LogP contribution in [-0.4, -0.2) is 55.2 Å². The van der Waals surface area contributed by atoms with Gasteiger partial charge in [0.25, 0.3) is 0 Å². The molecule has 1 heterocycles. The fourth-order valence-corrected chi connectivity index (χ4v) is 2.60. The van der Waals surface area contributed by atoms with Crippen molar-refractivity contribution in [3.8, 4) is 0 Å². The second kappa shape index (κ2) is 9.70. The number of alkyl halides is 1. The lowest BCUT2D eigenvalue weighted by Crippen LogP contribution is -2.39. The molecule has 0 N–H and O–H groups in total. The first-order valence-electron chi connectivity index (χ1n) is 6.52. The van der Waals surface area contributed by atoms with E-state index >= 15 is 0 Å². The monoisotopic (exact) mass is 334 g/mol. The van der Waals surface area contributed by atoms with Gasteiger partial charge < -0.3 is 14.4 Å². The van der Waals surface area contributed by atoms with Crippen LogP contribution in [0.2, 0.25) is 0 Å². The lowest BCUT2D eigenvalue weighted by molar-refractivity contribution is -0.149. The van der Waals surface area contributed by atoms with E-state index in [0.29, 0.717) is 24.0 Å². The number of thiazole rings is 1. The highest BCUT2D eigenvalue weighted by Crippen LogP contribution is 2.13. The molecule has 1 aromatic heterocycles. The third-order valence-corrected chi connectivity index (χ3v) is 3.75. The SMILES string of the molecule is CCOC(=O)CN(CCOC)C(=O)Cc1nc(CCl)cs1. The molecule has 0 atom stereocenters. The molecule has 0 aliphatic rings. The number of hydrogen-bond donors (Lipinski definition) is 0. The highest BCUT2D eigenvalue weighted by molar-refractivity contribution is 7.09. The number of ether oxygens (including phenoxy) is 2. The Morgan fingerprint density at radius 2 is 2.24 bits per heavy atom. The van der Waals surface area contributed by atoms with Crippen LogP contribution in [0, 0.1) is 0 Å². The summed E-state index contributed by atoms with van der Waals surface area (Å²) in [6.07, 6.45) is 0.144. The van der Waals surface area contributed by atoms with E-state index < -0.39 is 5.97 Å². The number of esters is 1. The summed E-state index contributed by atoms with van der Waals surface area (Å²) in [6, 6.07) is 0. The van der Waals surface area contributed by atoms with Crippen molar-refractivity contribution in [2.45, 2.75) is 19.2 Å². The quantitative estimate of drug-likeness (QED) is 0.505. The summed E-state index contributed by atoms with van der Waals surface area (Å²) in [4.78, 5) is 29.4. The summed E-state index contributed by atoms with van der Waals surface area (Å²) in [5.74, 6) is -0.293. The van der Waals surface area contributed by atoms with Gasteiger partial charge in [0, 0.05) is 19.0 Å². The zero-order valence-corrected chi connectivity index (χ0v) is 13.7. The molecule has 0 spiro atoms. The zero-order chi connectivity index (χ0) is 15.7. The van der Waals surface area contributed by atoms with Crippen molar-refractivity contribution < 1.29 is 19.1 Å². The van der Waals surface area contributed by atoms with Crippen molar-refractivity contribution in [3.63, 3.8) is 0 Å². The fraction of sp³-hybridized carbons (Fsp3) is 0.615. The molecule has 0 saturated heterocycles. The van der Waals surface area contributed by atoms with Crippen LogP contribution in [0.15, 0.2) is 5.38 Å². The topological polar surface area (TPSA) is 68.7 Å². The maximum atomic E-state index is 12.3. The summed E-state index contributed by atoms with van der Waals surface area (Å²) in [5, 5.41) is 2.50. The largest absolute Gasteiger partial charge is 0.465 e. The van der Waals surface area contributed by atoms with Gasteiger partial charge in [0.15, 0.2) is 0 Å². The number of methoxy groups -OCH3 is 1. The van der Waals surface area contributed by atoms with E-state index in [1.807, 2.05) is 5.38 Å². The van der Waals surface area contributed by atoms with Gasteiger partial charge >= 0.3 is 5.97 Å². The Labute approximate surface area is 133 Å². The van der Waals surface area contributed by atoms with Crippen molar-refractivity contribution in [2.24, 2.45) is 0 Å². The van der Waals surface area contributed by atoms with E-state index in [0.717, 1.165) is 5.69 Å². The highest BCUT2D eigenvalue weighted by atomic mass is 35.5. The van der Waals surface area contributed by atoms with Crippen LogP contribution in [0.4, 0.5) is 0 Å². The average molecular weight is 335 g/mol. The smallest absolute Gasteiger partial charge is 0.325 e. The van der Waals surface area contributed by atoms with Crippen molar-refractivity contribution >= 4 is 34.8 Å². The third kappa shape index (κ3) is 6.41. The molecule has 0 aromatic carbocycles. The Bertz CT molecular complexity index is 467. The molecule has 1 rings (SSSR count). The Balaban J connectivity index is 2.62. The number of amides is 1. The van der Waals surface area contributed by atoms with Gasteiger partial charge in [0.05, 0.1) is 31.2 Å². The minimum atomic E-state index is -0.428. The molecule has 0 saturated carbocycles. The zero-order valence-electron chi connectivity index (χ0n) is 12.1. The standard InChI is InChI=1S/C13H19ClN2O4S/c1-3-20-13(18)8-16(4-5-19-2)12(17)6-11-15-10(7-14)9-21-11/h9H,3-8H2,1-2H3. The molecule has 0 fully saturated rings. The van der Waals surface area contributed by atoms with Crippen LogP contribution in [0.1, 0.15) is 17.6 Å². The number of hydrogen-bond acceptors (Lipinski definition) is 6. The van der Waals surface area contributed by atoms with Crippen LogP contribution in [0.3, 0.4) is 0 Å². The molecule has 0 aliphatic heterocycles. The maximum Gasteiger partial charge on any atom is 0.325 e. The minimum Gasteiger partial charge on any atom is -0.465 e. The van der Waals surface area contributed by atoms with E-state index in [1.54, 1.807) is 14.0 Å². The summed E-state index contributed by atoms with van der Waals surface area (Å²) >= 11 is 7.06. The maximum absolute atomic E-state index is 12.3. The van der Waals surface area contributed by atoms with Gasteiger partial charge in [-0.2, -0.15) is 0 Å². The van der Waals surface area contributed by atoms with E-state index in [4.69, 9.17) is 21.1 Å².